The molecule has 1 aromatic rings. The Bertz CT molecular complexity index is 441. The van der Waals surface area contributed by atoms with Gasteiger partial charge in [0.15, 0.2) is 5.96 Å². The first kappa shape index (κ1) is 17.8. The summed E-state index contributed by atoms with van der Waals surface area (Å²) >= 11 is 0. The van der Waals surface area contributed by atoms with E-state index in [1.165, 1.54) is 25.7 Å². The summed E-state index contributed by atoms with van der Waals surface area (Å²) in [4.78, 5) is 4.53. The summed E-state index contributed by atoms with van der Waals surface area (Å²) < 4.78 is 10.8. The van der Waals surface area contributed by atoms with E-state index in [2.05, 4.69) is 34.6 Å². The predicted octanol–water partition coefficient (Wildman–Crippen LogP) is 2.72. The van der Waals surface area contributed by atoms with Crippen molar-refractivity contribution in [3.63, 3.8) is 0 Å². The molecular weight excluding hydrogens is 292 g/mol. The van der Waals surface area contributed by atoms with Crippen LogP contribution in [0.1, 0.15) is 51.6 Å². The van der Waals surface area contributed by atoms with Gasteiger partial charge in [-0.2, -0.15) is 0 Å². The van der Waals surface area contributed by atoms with Crippen LogP contribution in [-0.4, -0.2) is 36.9 Å². The van der Waals surface area contributed by atoms with E-state index in [9.17, 15) is 0 Å². The molecule has 1 unspecified atom stereocenters. The van der Waals surface area contributed by atoms with Crippen LogP contribution >= 0.6 is 0 Å². The molecule has 1 aromatic heterocycles. The zero-order valence-corrected chi connectivity index (χ0v) is 14.4. The molecule has 0 radical (unpaired) electrons. The fourth-order valence-corrected chi connectivity index (χ4v) is 3.15. The largest absolute Gasteiger partial charge is 0.378 e. The summed E-state index contributed by atoms with van der Waals surface area (Å²) in [6, 6.07) is 1.83. The molecule has 1 saturated carbocycles. The van der Waals surface area contributed by atoms with Gasteiger partial charge in [-0.25, -0.2) is 4.99 Å². The highest BCUT2D eigenvalue weighted by atomic mass is 16.5. The van der Waals surface area contributed by atoms with Gasteiger partial charge in [0.1, 0.15) is 12.0 Å². The molecule has 2 rings (SSSR count). The molecule has 1 aliphatic carbocycles. The van der Waals surface area contributed by atoms with Crippen molar-refractivity contribution in [1.29, 1.82) is 0 Å². The van der Waals surface area contributed by atoms with Crippen molar-refractivity contribution >= 4 is 5.96 Å². The predicted molar refractivity (Wildman–Crippen MR) is 91.3 cm³/mol. The molecule has 6 nitrogen and oxygen atoms in total. The zero-order valence-electron chi connectivity index (χ0n) is 14.4. The second-order valence-corrected chi connectivity index (χ2v) is 5.94. The average molecular weight is 322 g/mol. The second kappa shape index (κ2) is 10.3. The number of hydrogen-bond acceptors (Lipinski definition) is 4. The number of hydrogen-bond donors (Lipinski definition) is 2. The lowest BCUT2D eigenvalue weighted by atomic mass is 9.98. The lowest BCUT2D eigenvalue weighted by Crippen LogP contribution is -2.39. The Balaban J connectivity index is 1.78. The summed E-state index contributed by atoms with van der Waals surface area (Å²) in [5, 5.41) is 10.5. The van der Waals surface area contributed by atoms with Gasteiger partial charge in [0.2, 0.25) is 0 Å². The van der Waals surface area contributed by atoms with Crippen molar-refractivity contribution in [2.75, 3.05) is 19.7 Å². The van der Waals surface area contributed by atoms with Gasteiger partial charge in [-0.1, -0.05) is 18.0 Å². The molecule has 1 atom stereocenters. The normalized spacial score (nSPS) is 17.4. The zero-order chi connectivity index (χ0) is 16.3. The highest BCUT2D eigenvalue weighted by molar-refractivity contribution is 5.79. The van der Waals surface area contributed by atoms with E-state index in [4.69, 9.17) is 9.26 Å². The number of nitrogens with one attached hydrogen (secondary N) is 2. The van der Waals surface area contributed by atoms with Gasteiger partial charge in [-0.15, -0.1) is 0 Å². The van der Waals surface area contributed by atoms with Gasteiger partial charge in [-0.05, 0) is 39.0 Å². The maximum Gasteiger partial charge on any atom is 0.191 e. The van der Waals surface area contributed by atoms with E-state index >= 15 is 0 Å². The van der Waals surface area contributed by atoms with Crippen LogP contribution in [0.3, 0.4) is 0 Å². The SMILES string of the molecule is CCNC(=NCc1ccon1)NCCC(OCC)C1CCCC1. The Morgan fingerprint density at radius 2 is 2.22 bits per heavy atom. The number of guanidine groups is 1. The van der Waals surface area contributed by atoms with Gasteiger partial charge < -0.3 is 19.9 Å². The van der Waals surface area contributed by atoms with E-state index in [-0.39, 0.29) is 0 Å². The van der Waals surface area contributed by atoms with E-state index in [0.29, 0.717) is 12.6 Å². The number of rotatable bonds is 9. The molecule has 1 heterocycles. The van der Waals surface area contributed by atoms with Crippen molar-refractivity contribution in [2.45, 2.75) is 58.6 Å². The molecule has 23 heavy (non-hydrogen) atoms. The summed E-state index contributed by atoms with van der Waals surface area (Å²) in [7, 11) is 0. The van der Waals surface area contributed by atoms with Gasteiger partial charge in [0.25, 0.3) is 0 Å². The first-order valence-corrected chi connectivity index (χ1v) is 8.86. The standard InChI is InChI=1S/C17H30N4O2/c1-3-18-17(20-13-15-10-12-23-21-15)19-11-9-16(22-4-2)14-7-5-6-8-14/h10,12,14,16H,3-9,11,13H2,1-2H3,(H2,18,19,20). The summed E-state index contributed by atoms with van der Waals surface area (Å²) in [6.45, 7) is 7.16. The molecule has 0 aromatic carbocycles. The Hall–Kier alpha value is -1.56. The molecule has 2 N–H and O–H groups in total. The first-order valence-electron chi connectivity index (χ1n) is 8.86. The number of ether oxygens (including phenoxy) is 1. The van der Waals surface area contributed by atoms with E-state index in [1.807, 2.05) is 6.07 Å². The van der Waals surface area contributed by atoms with Crippen LogP contribution in [0.5, 0.6) is 0 Å². The van der Waals surface area contributed by atoms with Crippen molar-refractivity contribution in [2.24, 2.45) is 10.9 Å². The average Bonchev–Trinajstić information content (AvgIpc) is 3.25. The number of aromatic nitrogens is 1. The van der Waals surface area contributed by atoms with Crippen LogP contribution < -0.4 is 10.6 Å². The minimum atomic E-state index is 0.369. The smallest absolute Gasteiger partial charge is 0.191 e. The molecule has 0 bridgehead atoms. The molecule has 0 amide bonds. The van der Waals surface area contributed by atoms with Gasteiger partial charge in [0, 0.05) is 25.8 Å². The Morgan fingerprint density at radius 1 is 1.39 bits per heavy atom. The molecule has 0 spiro atoms. The number of nitrogens with zero attached hydrogens (tertiary/aromatic N) is 2. The van der Waals surface area contributed by atoms with Crippen molar-refractivity contribution in [3.8, 4) is 0 Å². The third kappa shape index (κ3) is 6.22. The molecule has 6 heteroatoms. The fourth-order valence-electron chi connectivity index (χ4n) is 3.15. The van der Waals surface area contributed by atoms with E-state index in [0.717, 1.165) is 43.7 Å². The molecule has 130 valence electrons. The monoisotopic (exact) mass is 322 g/mol. The summed E-state index contributed by atoms with van der Waals surface area (Å²) in [5.74, 6) is 1.54. The van der Waals surface area contributed by atoms with Gasteiger partial charge in [-0.3, -0.25) is 0 Å². The first-order chi connectivity index (χ1) is 11.3. The van der Waals surface area contributed by atoms with Crippen molar-refractivity contribution in [3.05, 3.63) is 18.0 Å². The lowest BCUT2D eigenvalue weighted by Gasteiger charge is -2.24. The van der Waals surface area contributed by atoms with Crippen molar-refractivity contribution in [1.82, 2.24) is 15.8 Å². The van der Waals surface area contributed by atoms with E-state index in [1.54, 1.807) is 6.26 Å². The fraction of sp³-hybridized carbons (Fsp3) is 0.765. The molecule has 0 saturated heterocycles. The van der Waals surface area contributed by atoms with Crippen LogP contribution in [0.25, 0.3) is 0 Å². The van der Waals surface area contributed by atoms with E-state index < -0.39 is 0 Å². The third-order valence-corrected chi connectivity index (χ3v) is 4.26. The summed E-state index contributed by atoms with van der Waals surface area (Å²) in [5.41, 5.74) is 0.834. The minimum absolute atomic E-state index is 0.369. The molecule has 1 aliphatic rings. The van der Waals surface area contributed by atoms with Crippen LogP contribution in [-0.2, 0) is 11.3 Å². The topological polar surface area (TPSA) is 71.7 Å². The quantitative estimate of drug-likeness (QED) is 0.540. The lowest BCUT2D eigenvalue weighted by molar-refractivity contribution is 0.0169. The Kier molecular flexibility index (Phi) is 7.93. The summed E-state index contributed by atoms with van der Waals surface area (Å²) in [6.07, 6.45) is 8.28. The van der Waals surface area contributed by atoms with Crippen LogP contribution in [0.15, 0.2) is 21.8 Å². The molecule has 0 aliphatic heterocycles. The second-order valence-electron chi connectivity index (χ2n) is 5.94. The molecular formula is C17H30N4O2. The van der Waals surface area contributed by atoms with Crippen LogP contribution in [0.2, 0.25) is 0 Å². The number of aliphatic imine (C=N–C) groups is 1. The highest BCUT2D eigenvalue weighted by Crippen LogP contribution is 2.30. The molecule has 1 fully saturated rings. The Morgan fingerprint density at radius 3 is 2.87 bits per heavy atom. The Labute approximate surface area is 139 Å². The highest BCUT2D eigenvalue weighted by Gasteiger charge is 2.25. The van der Waals surface area contributed by atoms with Crippen molar-refractivity contribution < 1.29 is 9.26 Å². The van der Waals surface area contributed by atoms with Gasteiger partial charge in [0.05, 0.1) is 12.6 Å². The van der Waals surface area contributed by atoms with Crippen LogP contribution in [0, 0.1) is 5.92 Å². The maximum absolute atomic E-state index is 5.96. The van der Waals surface area contributed by atoms with Gasteiger partial charge >= 0.3 is 0 Å². The third-order valence-electron chi connectivity index (χ3n) is 4.26. The maximum atomic E-state index is 5.96. The minimum Gasteiger partial charge on any atom is -0.378 e. The van der Waals surface area contributed by atoms with Crippen LogP contribution in [0.4, 0.5) is 0 Å².